The maximum Gasteiger partial charge on any atom is 0.122 e. The van der Waals surface area contributed by atoms with E-state index in [1.807, 2.05) is 6.42 Å². The Morgan fingerprint density at radius 1 is 1.33 bits per heavy atom. The smallest absolute Gasteiger partial charge is 0.122 e. The van der Waals surface area contributed by atoms with Crippen molar-refractivity contribution in [2.45, 2.75) is 38.5 Å². The normalized spacial score (nSPS) is 22.5. The Bertz CT molecular complexity index is 262. The Balaban J connectivity index is 1.67. The lowest BCUT2D eigenvalue weighted by Gasteiger charge is -2.14. The summed E-state index contributed by atoms with van der Waals surface area (Å²) in [5, 5.41) is 0. The van der Waals surface area contributed by atoms with Crippen molar-refractivity contribution in [3.05, 3.63) is 30.2 Å². The molecule has 0 spiro atoms. The number of rotatable bonds is 4. The molecule has 0 bridgehead atoms. The fourth-order valence-corrected chi connectivity index (χ4v) is 2.28. The van der Waals surface area contributed by atoms with E-state index in [1.165, 1.54) is 31.8 Å². The van der Waals surface area contributed by atoms with Gasteiger partial charge in [-0.1, -0.05) is 25.7 Å². The van der Waals surface area contributed by atoms with E-state index in [0.29, 0.717) is 12.2 Å². The third-order valence-corrected chi connectivity index (χ3v) is 3.18. The lowest BCUT2D eigenvalue weighted by Crippen LogP contribution is -2.03. The van der Waals surface area contributed by atoms with Gasteiger partial charge >= 0.3 is 0 Å². The summed E-state index contributed by atoms with van der Waals surface area (Å²) < 4.78 is 18.4. The molecule has 0 atom stereocenters. The van der Waals surface area contributed by atoms with Crippen LogP contribution in [0.25, 0.3) is 0 Å². The van der Waals surface area contributed by atoms with Gasteiger partial charge in [-0.2, -0.15) is 0 Å². The third-order valence-electron chi connectivity index (χ3n) is 3.18. The molecule has 83 valence electrons. The quantitative estimate of drug-likeness (QED) is 0.681. The molecule has 1 nitrogen and oxygen atoms in total. The van der Waals surface area contributed by atoms with Crippen LogP contribution in [0.5, 0.6) is 0 Å². The first kappa shape index (κ1) is 10.7. The zero-order valence-corrected chi connectivity index (χ0v) is 9.05. The van der Waals surface area contributed by atoms with Gasteiger partial charge in [0.15, 0.2) is 0 Å². The summed E-state index contributed by atoms with van der Waals surface area (Å²) in [6.07, 6.45) is 12.2. The first-order chi connectivity index (χ1) is 7.34. The van der Waals surface area contributed by atoms with Crippen LogP contribution in [0.2, 0.25) is 0 Å². The van der Waals surface area contributed by atoms with Gasteiger partial charge in [-0.3, -0.25) is 0 Å². The Kier molecular flexibility index (Phi) is 3.81. The van der Waals surface area contributed by atoms with E-state index in [-0.39, 0.29) is 5.83 Å². The van der Waals surface area contributed by atoms with E-state index in [0.717, 1.165) is 18.9 Å². The standard InChI is InChI=1S/C13H18FO/c14-12-6-3-7-13(10-12)15-9-8-11-4-1-2-5-11/h6-7,10-11H,1-5,8-9H2. The topological polar surface area (TPSA) is 9.23 Å². The molecule has 0 saturated heterocycles. The number of halogens is 1. The minimum Gasteiger partial charge on any atom is -0.497 e. The van der Waals surface area contributed by atoms with Crippen LogP contribution in [-0.4, -0.2) is 6.61 Å². The molecule has 1 radical (unpaired) electrons. The zero-order valence-electron chi connectivity index (χ0n) is 9.05. The van der Waals surface area contributed by atoms with Gasteiger partial charge < -0.3 is 4.74 Å². The van der Waals surface area contributed by atoms with Crippen molar-refractivity contribution in [2.24, 2.45) is 5.92 Å². The lowest BCUT2D eigenvalue weighted by molar-refractivity contribution is 0.194. The Morgan fingerprint density at radius 2 is 2.13 bits per heavy atom. The maximum atomic E-state index is 12.8. The van der Waals surface area contributed by atoms with E-state index >= 15 is 0 Å². The van der Waals surface area contributed by atoms with Gasteiger partial charge in [0, 0.05) is 12.5 Å². The predicted octanol–water partition coefficient (Wildman–Crippen LogP) is 3.93. The second kappa shape index (κ2) is 5.34. The second-order valence-electron chi connectivity index (χ2n) is 4.36. The average molecular weight is 209 g/mol. The SMILES string of the molecule is FC1=CC[CH]C(OCCC2CCCC2)=C1. The minimum absolute atomic E-state index is 0.173. The molecule has 0 aromatic carbocycles. The highest BCUT2D eigenvalue weighted by Gasteiger charge is 2.15. The summed E-state index contributed by atoms with van der Waals surface area (Å²) in [7, 11) is 0. The fraction of sp³-hybridized carbons (Fsp3) is 0.615. The molecule has 0 N–H and O–H groups in total. The van der Waals surface area contributed by atoms with Crippen molar-refractivity contribution < 1.29 is 9.13 Å². The van der Waals surface area contributed by atoms with Gasteiger partial charge in [-0.15, -0.1) is 0 Å². The maximum absolute atomic E-state index is 12.8. The molecule has 2 heteroatoms. The molecule has 0 unspecified atom stereocenters. The van der Waals surface area contributed by atoms with Gasteiger partial charge in [0.2, 0.25) is 0 Å². The molecule has 1 saturated carbocycles. The molecule has 2 aliphatic carbocycles. The predicted molar refractivity (Wildman–Crippen MR) is 58.7 cm³/mol. The van der Waals surface area contributed by atoms with Crippen LogP contribution >= 0.6 is 0 Å². The summed E-state index contributed by atoms with van der Waals surface area (Å²) >= 11 is 0. The van der Waals surface area contributed by atoms with E-state index < -0.39 is 0 Å². The molecule has 2 aliphatic rings. The van der Waals surface area contributed by atoms with Gasteiger partial charge in [0.05, 0.1) is 6.61 Å². The second-order valence-corrected chi connectivity index (χ2v) is 4.36. The minimum atomic E-state index is -0.173. The van der Waals surface area contributed by atoms with E-state index in [9.17, 15) is 4.39 Å². The van der Waals surface area contributed by atoms with Crippen LogP contribution in [0.15, 0.2) is 23.7 Å². The van der Waals surface area contributed by atoms with Crippen molar-refractivity contribution in [1.82, 2.24) is 0 Å². The summed E-state index contributed by atoms with van der Waals surface area (Å²) in [4.78, 5) is 0. The fourth-order valence-electron chi connectivity index (χ4n) is 2.28. The molecule has 0 aromatic rings. The molecule has 0 amide bonds. The summed E-state index contributed by atoms with van der Waals surface area (Å²) in [5.41, 5.74) is 0. The number of hydrogen-bond acceptors (Lipinski definition) is 1. The molecule has 0 aromatic heterocycles. The first-order valence-corrected chi connectivity index (χ1v) is 5.88. The van der Waals surface area contributed by atoms with Crippen LogP contribution < -0.4 is 0 Å². The molecular weight excluding hydrogens is 191 g/mol. The zero-order chi connectivity index (χ0) is 10.5. The van der Waals surface area contributed by atoms with Crippen LogP contribution in [0, 0.1) is 12.3 Å². The third kappa shape index (κ3) is 3.37. The largest absolute Gasteiger partial charge is 0.497 e. The van der Waals surface area contributed by atoms with E-state index in [2.05, 4.69) is 0 Å². The van der Waals surface area contributed by atoms with Crippen molar-refractivity contribution in [2.75, 3.05) is 6.61 Å². The molecule has 1 fully saturated rings. The van der Waals surface area contributed by atoms with Crippen molar-refractivity contribution in [3.8, 4) is 0 Å². The lowest BCUT2D eigenvalue weighted by atomic mass is 10.1. The van der Waals surface area contributed by atoms with E-state index in [1.54, 1.807) is 6.08 Å². The molecule has 0 aliphatic heterocycles. The van der Waals surface area contributed by atoms with Crippen LogP contribution in [0.3, 0.4) is 0 Å². The summed E-state index contributed by atoms with van der Waals surface area (Å²) in [6, 6.07) is 0. The highest BCUT2D eigenvalue weighted by Crippen LogP contribution is 2.28. The highest BCUT2D eigenvalue weighted by molar-refractivity contribution is 5.25. The monoisotopic (exact) mass is 209 g/mol. The Hall–Kier alpha value is -0.790. The van der Waals surface area contributed by atoms with Crippen molar-refractivity contribution >= 4 is 0 Å². The first-order valence-electron chi connectivity index (χ1n) is 5.88. The number of ether oxygens (including phenoxy) is 1. The Morgan fingerprint density at radius 3 is 2.87 bits per heavy atom. The molecule has 0 heterocycles. The van der Waals surface area contributed by atoms with Crippen LogP contribution in [0.1, 0.15) is 38.5 Å². The van der Waals surface area contributed by atoms with Crippen molar-refractivity contribution in [3.63, 3.8) is 0 Å². The van der Waals surface area contributed by atoms with Crippen LogP contribution in [0.4, 0.5) is 4.39 Å². The highest BCUT2D eigenvalue weighted by atomic mass is 19.1. The summed E-state index contributed by atoms with van der Waals surface area (Å²) in [6.45, 7) is 0.736. The van der Waals surface area contributed by atoms with Gasteiger partial charge in [-0.05, 0) is 24.8 Å². The number of hydrogen-bond donors (Lipinski definition) is 0. The molecule has 15 heavy (non-hydrogen) atoms. The van der Waals surface area contributed by atoms with E-state index in [4.69, 9.17) is 4.74 Å². The number of allylic oxidation sites excluding steroid dienone is 4. The van der Waals surface area contributed by atoms with Crippen molar-refractivity contribution in [1.29, 1.82) is 0 Å². The van der Waals surface area contributed by atoms with Gasteiger partial charge in [-0.25, -0.2) is 4.39 Å². The average Bonchev–Trinajstić information content (AvgIpc) is 2.71. The van der Waals surface area contributed by atoms with Gasteiger partial charge in [0.1, 0.15) is 11.6 Å². The van der Waals surface area contributed by atoms with Gasteiger partial charge in [0.25, 0.3) is 0 Å². The van der Waals surface area contributed by atoms with Crippen LogP contribution in [-0.2, 0) is 4.74 Å². The summed E-state index contributed by atoms with van der Waals surface area (Å²) in [5.74, 6) is 1.37. The molecular formula is C13H18FO. The Labute approximate surface area is 91.0 Å². The molecule has 2 rings (SSSR count).